The van der Waals surface area contributed by atoms with Crippen LogP contribution in [0.2, 0.25) is 0 Å². The molecule has 5 heteroatoms. The number of carbonyl (C=O) groups excluding carboxylic acids is 1. The van der Waals surface area contributed by atoms with Gasteiger partial charge in [0.2, 0.25) is 5.91 Å². The Labute approximate surface area is 156 Å². The molecule has 0 aromatic heterocycles. The summed E-state index contributed by atoms with van der Waals surface area (Å²) in [6.45, 7) is 4.41. The van der Waals surface area contributed by atoms with Gasteiger partial charge >= 0.3 is 0 Å². The van der Waals surface area contributed by atoms with Crippen molar-refractivity contribution in [3.63, 3.8) is 0 Å². The molecule has 1 unspecified atom stereocenters. The van der Waals surface area contributed by atoms with Gasteiger partial charge < -0.3 is 4.90 Å². The Bertz CT molecular complexity index is 789. The minimum absolute atomic E-state index is 0.0306. The lowest BCUT2D eigenvalue weighted by Gasteiger charge is -2.29. The molecule has 1 amide bonds. The highest BCUT2D eigenvalue weighted by atomic mass is 32.2. The van der Waals surface area contributed by atoms with Gasteiger partial charge in [-0.05, 0) is 37.5 Å². The lowest BCUT2D eigenvalue weighted by Crippen LogP contribution is -2.39. The SMILES string of the molecule is CCCC(=O)N(Cc1ccccc1)C(C)CCS(=O)(=O)c1ccccc1. The molecule has 0 radical (unpaired) electrons. The average molecular weight is 374 g/mol. The molecule has 2 aromatic rings. The van der Waals surface area contributed by atoms with Crippen LogP contribution in [0.4, 0.5) is 0 Å². The molecule has 0 N–H and O–H groups in total. The van der Waals surface area contributed by atoms with Crippen molar-refractivity contribution < 1.29 is 13.2 Å². The molecule has 140 valence electrons. The summed E-state index contributed by atoms with van der Waals surface area (Å²) in [6.07, 6.45) is 1.67. The Morgan fingerprint density at radius 2 is 1.58 bits per heavy atom. The Hall–Kier alpha value is -2.14. The molecule has 0 bridgehead atoms. The van der Waals surface area contributed by atoms with Gasteiger partial charge in [0, 0.05) is 19.0 Å². The summed E-state index contributed by atoms with van der Waals surface area (Å²) in [5.41, 5.74) is 1.05. The third kappa shape index (κ3) is 5.70. The fraction of sp³-hybridized carbons (Fsp3) is 0.381. The monoisotopic (exact) mass is 373 g/mol. The second-order valence-corrected chi connectivity index (χ2v) is 8.64. The van der Waals surface area contributed by atoms with E-state index in [1.807, 2.05) is 44.2 Å². The van der Waals surface area contributed by atoms with E-state index < -0.39 is 9.84 Å². The standard InChI is InChI=1S/C21H27NO3S/c1-3-10-21(23)22(17-19-11-6-4-7-12-19)18(2)15-16-26(24,25)20-13-8-5-9-14-20/h4-9,11-14,18H,3,10,15-17H2,1-2H3. The first-order valence-electron chi connectivity index (χ1n) is 9.05. The van der Waals surface area contributed by atoms with Crippen LogP contribution in [0.5, 0.6) is 0 Å². The number of hydrogen-bond acceptors (Lipinski definition) is 3. The molecule has 0 aliphatic heterocycles. The largest absolute Gasteiger partial charge is 0.336 e. The van der Waals surface area contributed by atoms with Crippen LogP contribution < -0.4 is 0 Å². The summed E-state index contributed by atoms with van der Waals surface area (Å²) in [5, 5.41) is 0. The Morgan fingerprint density at radius 3 is 2.15 bits per heavy atom. The molecule has 4 nitrogen and oxygen atoms in total. The first-order valence-corrected chi connectivity index (χ1v) is 10.7. The quantitative estimate of drug-likeness (QED) is 0.666. The fourth-order valence-corrected chi connectivity index (χ4v) is 4.31. The number of benzene rings is 2. The molecule has 1 atom stereocenters. The molecule has 0 heterocycles. The van der Waals surface area contributed by atoms with Crippen molar-refractivity contribution in [2.75, 3.05) is 5.75 Å². The minimum Gasteiger partial charge on any atom is -0.336 e. The van der Waals surface area contributed by atoms with E-state index in [0.29, 0.717) is 24.3 Å². The molecule has 0 spiro atoms. The van der Waals surface area contributed by atoms with Crippen molar-refractivity contribution in [2.45, 2.75) is 50.6 Å². The van der Waals surface area contributed by atoms with Gasteiger partial charge in [-0.1, -0.05) is 55.5 Å². The van der Waals surface area contributed by atoms with Crippen molar-refractivity contribution in [1.82, 2.24) is 4.90 Å². The van der Waals surface area contributed by atoms with Crippen molar-refractivity contribution in [2.24, 2.45) is 0 Å². The smallest absolute Gasteiger partial charge is 0.223 e. The minimum atomic E-state index is -3.34. The second-order valence-electron chi connectivity index (χ2n) is 6.53. The fourth-order valence-electron chi connectivity index (χ4n) is 2.85. The highest BCUT2D eigenvalue weighted by Crippen LogP contribution is 2.17. The lowest BCUT2D eigenvalue weighted by atomic mass is 10.1. The predicted octanol–water partition coefficient (Wildman–Crippen LogP) is 4.07. The number of carbonyl (C=O) groups is 1. The highest BCUT2D eigenvalue weighted by Gasteiger charge is 2.22. The average Bonchev–Trinajstić information content (AvgIpc) is 2.66. The van der Waals surface area contributed by atoms with Crippen molar-refractivity contribution in [3.05, 3.63) is 66.2 Å². The highest BCUT2D eigenvalue weighted by molar-refractivity contribution is 7.91. The third-order valence-electron chi connectivity index (χ3n) is 4.42. The zero-order valence-electron chi connectivity index (χ0n) is 15.5. The lowest BCUT2D eigenvalue weighted by molar-refractivity contribution is -0.134. The molecule has 2 aromatic carbocycles. The van der Waals surface area contributed by atoms with E-state index in [0.717, 1.165) is 12.0 Å². The molecular formula is C21H27NO3S. The van der Waals surface area contributed by atoms with Crippen LogP contribution in [-0.4, -0.2) is 31.0 Å². The van der Waals surface area contributed by atoms with Gasteiger partial charge in [-0.2, -0.15) is 0 Å². The van der Waals surface area contributed by atoms with Gasteiger partial charge in [0.15, 0.2) is 9.84 Å². The molecule has 0 fully saturated rings. The van der Waals surface area contributed by atoms with Crippen LogP contribution in [0.1, 0.15) is 38.7 Å². The van der Waals surface area contributed by atoms with Crippen LogP contribution in [-0.2, 0) is 21.2 Å². The summed E-state index contributed by atoms with van der Waals surface area (Å²) in [5.74, 6) is 0.101. The number of sulfone groups is 1. The molecule has 2 rings (SSSR count). The summed E-state index contributed by atoms with van der Waals surface area (Å²) < 4.78 is 25.0. The van der Waals surface area contributed by atoms with Crippen LogP contribution in [0, 0.1) is 0 Å². The molecule has 0 aliphatic rings. The van der Waals surface area contributed by atoms with Crippen LogP contribution in [0.15, 0.2) is 65.6 Å². The van der Waals surface area contributed by atoms with E-state index in [4.69, 9.17) is 0 Å². The number of amides is 1. The third-order valence-corrected chi connectivity index (χ3v) is 6.18. The van der Waals surface area contributed by atoms with Gasteiger partial charge in [-0.25, -0.2) is 8.42 Å². The van der Waals surface area contributed by atoms with Crippen LogP contribution in [0.25, 0.3) is 0 Å². The molecule has 0 saturated carbocycles. The number of hydrogen-bond donors (Lipinski definition) is 0. The van der Waals surface area contributed by atoms with Crippen molar-refractivity contribution in [3.8, 4) is 0 Å². The summed E-state index contributed by atoms with van der Waals surface area (Å²) >= 11 is 0. The first kappa shape index (κ1) is 20.2. The van der Waals surface area contributed by atoms with Gasteiger partial charge in [-0.3, -0.25) is 4.79 Å². The van der Waals surface area contributed by atoms with Crippen LogP contribution >= 0.6 is 0 Å². The predicted molar refractivity (Wildman–Crippen MR) is 104 cm³/mol. The van der Waals surface area contributed by atoms with Crippen LogP contribution in [0.3, 0.4) is 0 Å². The Morgan fingerprint density at radius 1 is 1.00 bits per heavy atom. The Kier molecular flexibility index (Phi) is 7.39. The molecule has 0 saturated heterocycles. The zero-order chi connectivity index (χ0) is 19.0. The zero-order valence-corrected chi connectivity index (χ0v) is 16.3. The molecule has 0 aliphatic carbocycles. The van der Waals surface area contributed by atoms with Gasteiger partial charge in [0.25, 0.3) is 0 Å². The van der Waals surface area contributed by atoms with Gasteiger partial charge in [-0.15, -0.1) is 0 Å². The normalized spacial score (nSPS) is 12.5. The maximum Gasteiger partial charge on any atom is 0.223 e. The summed E-state index contributed by atoms with van der Waals surface area (Å²) in [6, 6.07) is 18.1. The summed E-state index contributed by atoms with van der Waals surface area (Å²) in [7, 11) is -3.34. The second kappa shape index (κ2) is 9.53. The van der Waals surface area contributed by atoms with E-state index in [1.165, 1.54) is 0 Å². The van der Waals surface area contributed by atoms with E-state index in [-0.39, 0.29) is 17.7 Å². The summed E-state index contributed by atoms with van der Waals surface area (Å²) in [4.78, 5) is 14.7. The van der Waals surface area contributed by atoms with E-state index in [1.54, 1.807) is 35.2 Å². The van der Waals surface area contributed by atoms with Crippen molar-refractivity contribution >= 4 is 15.7 Å². The van der Waals surface area contributed by atoms with Gasteiger partial charge in [0.1, 0.15) is 0 Å². The first-order chi connectivity index (χ1) is 12.4. The Balaban J connectivity index is 2.08. The number of nitrogens with zero attached hydrogens (tertiary/aromatic N) is 1. The van der Waals surface area contributed by atoms with Gasteiger partial charge in [0.05, 0.1) is 10.6 Å². The van der Waals surface area contributed by atoms with Crippen molar-refractivity contribution in [1.29, 1.82) is 0 Å². The van der Waals surface area contributed by atoms with E-state index in [9.17, 15) is 13.2 Å². The maximum atomic E-state index is 12.6. The number of rotatable bonds is 9. The molecular weight excluding hydrogens is 346 g/mol. The van der Waals surface area contributed by atoms with E-state index >= 15 is 0 Å². The van der Waals surface area contributed by atoms with E-state index in [2.05, 4.69) is 0 Å². The maximum absolute atomic E-state index is 12.6. The molecule has 26 heavy (non-hydrogen) atoms. The topological polar surface area (TPSA) is 54.5 Å².